The second kappa shape index (κ2) is 5.63. The van der Waals surface area contributed by atoms with Gasteiger partial charge >= 0.3 is 0 Å². The molecule has 18 heavy (non-hydrogen) atoms. The number of rotatable bonds is 5. The van der Waals surface area contributed by atoms with Crippen molar-refractivity contribution in [1.82, 2.24) is 20.1 Å². The SMILES string of the molecule is CCCn1cc(C(NC)c2sc(C)nc2C)cn1. The first-order chi connectivity index (χ1) is 8.65. The molecule has 2 aromatic heterocycles. The fourth-order valence-corrected chi connectivity index (χ4v) is 3.21. The number of hydrogen-bond acceptors (Lipinski definition) is 4. The van der Waals surface area contributed by atoms with Crippen LogP contribution in [0.2, 0.25) is 0 Å². The Morgan fingerprint density at radius 2 is 2.22 bits per heavy atom. The maximum Gasteiger partial charge on any atom is 0.0900 e. The first kappa shape index (κ1) is 13.2. The second-order valence-corrected chi connectivity index (χ2v) is 5.68. The fourth-order valence-electron chi connectivity index (χ4n) is 2.14. The van der Waals surface area contributed by atoms with Gasteiger partial charge in [-0.1, -0.05) is 6.92 Å². The molecule has 0 aliphatic carbocycles. The van der Waals surface area contributed by atoms with Crippen LogP contribution >= 0.6 is 11.3 Å². The molecule has 1 N–H and O–H groups in total. The average molecular weight is 264 g/mol. The number of aromatic nitrogens is 3. The van der Waals surface area contributed by atoms with Crippen molar-refractivity contribution in [3.63, 3.8) is 0 Å². The minimum Gasteiger partial charge on any atom is -0.309 e. The minimum atomic E-state index is 0.196. The molecular formula is C13H20N4S. The highest BCUT2D eigenvalue weighted by Gasteiger charge is 2.19. The third-order valence-electron chi connectivity index (χ3n) is 2.93. The molecule has 0 bridgehead atoms. The minimum absolute atomic E-state index is 0.196. The largest absolute Gasteiger partial charge is 0.309 e. The lowest BCUT2D eigenvalue weighted by Crippen LogP contribution is -2.16. The van der Waals surface area contributed by atoms with Crippen LogP contribution < -0.4 is 5.32 Å². The molecule has 0 amide bonds. The van der Waals surface area contributed by atoms with E-state index in [-0.39, 0.29) is 6.04 Å². The summed E-state index contributed by atoms with van der Waals surface area (Å²) in [5.41, 5.74) is 2.32. The smallest absolute Gasteiger partial charge is 0.0900 e. The summed E-state index contributed by atoms with van der Waals surface area (Å²) < 4.78 is 2.00. The Morgan fingerprint density at radius 1 is 1.44 bits per heavy atom. The van der Waals surface area contributed by atoms with Crippen LogP contribution in [-0.4, -0.2) is 21.8 Å². The predicted molar refractivity (Wildman–Crippen MR) is 75.0 cm³/mol. The van der Waals surface area contributed by atoms with Crippen LogP contribution in [0.5, 0.6) is 0 Å². The third-order valence-corrected chi connectivity index (χ3v) is 4.07. The summed E-state index contributed by atoms with van der Waals surface area (Å²) >= 11 is 1.75. The quantitative estimate of drug-likeness (QED) is 0.903. The topological polar surface area (TPSA) is 42.7 Å². The summed E-state index contributed by atoms with van der Waals surface area (Å²) in [5, 5.41) is 8.87. The molecule has 2 aromatic rings. The van der Waals surface area contributed by atoms with Crippen molar-refractivity contribution in [1.29, 1.82) is 0 Å². The summed E-state index contributed by atoms with van der Waals surface area (Å²) in [5.74, 6) is 0. The van der Waals surface area contributed by atoms with Gasteiger partial charge < -0.3 is 5.32 Å². The van der Waals surface area contributed by atoms with Crippen molar-refractivity contribution >= 4 is 11.3 Å². The zero-order valence-electron chi connectivity index (χ0n) is 11.4. The van der Waals surface area contributed by atoms with E-state index in [0.29, 0.717) is 0 Å². The zero-order valence-corrected chi connectivity index (χ0v) is 12.2. The van der Waals surface area contributed by atoms with E-state index in [1.54, 1.807) is 11.3 Å². The van der Waals surface area contributed by atoms with Crippen LogP contribution in [0.4, 0.5) is 0 Å². The zero-order chi connectivity index (χ0) is 13.1. The van der Waals surface area contributed by atoms with Gasteiger partial charge in [-0.05, 0) is 27.3 Å². The lowest BCUT2D eigenvalue weighted by atomic mass is 10.1. The van der Waals surface area contributed by atoms with Crippen LogP contribution in [0.25, 0.3) is 0 Å². The fraction of sp³-hybridized carbons (Fsp3) is 0.538. The highest BCUT2D eigenvalue weighted by atomic mass is 32.1. The lowest BCUT2D eigenvalue weighted by molar-refractivity contribution is 0.600. The summed E-state index contributed by atoms with van der Waals surface area (Å²) in [4.78, 5) is 5.78. The van der Waals surface area contributed by atoms with Gasteiger partial charge in [-0.3, -0.25) is 4.68 Å². The molecule has 0 saturated heterocycles. The monoisotopic (exact) mass is 264 g/mol. The second-order valence-electron chi connectivity index (χ2n) is 4.44. The van der Waals surface area contributed by atoms with Crippen LogP contribution in [0.15, 0.2) is 12.4 Å². The Kier molecular flexibility index (Phi) is 4.14. The van der Waals surface area contributed by atoms with Crippen molar-refractivity contribution in [3.05, 3.63) is 33.5 Å². The van der Waals surface area contributed by atoms with Crippen LogP contribution in [-0.2, 0) is 6.54 Å². The van der Waals surface area contributed by atoms with Crippen molar-refractivity contribution in [3.8, 4) is 0 Å². The molecule has 1 unspecified atom stereocenters. The highest BCUT2D eigenvalue weighted by Crippen LogP contribution is 2.29. The average Bonchev–Trinajstić information content (AvgIpc) is 2.89. The molecule has 2 heterocycles. The molecule has 0 aliphatic rings. The van der Waals surface area contributed by atoms with Gasteiger partial charge in [0.2, 0.25) is 0 Å². The molecule has 98 valence electrons. The van der Waals surface area contributed by atoms with Gasteiger partial charge in [0.05, 0.1) is 22.9 Å². The molecule has 4 nitrogen and oxygen atoms in total. The van der Waals surface area contributed by atoms with Crippen molar-refractivity contribution in [2.45, 2.75) is 39.8 Å². The Labute approximate surface area is 112 Å². The Balaban J connectivity index is 2.29. The van der Waals surface area contributed by atoms with Crippen molar-refractivity contribution < 1.29 is 0 Å². The number of hydrogen-bond donors (Lipinski definition) is 1. The highest BCUT2D eigenvalue weighted by molar-refractivity contribution is 7.11. The number of thiazole rings is 1. The predicted octanol–water partition coefficient (Wildman–Crippen LogP) is 2.68. The maximum atomic E-state index is 4.50. The molecule has 5 heteroatoms. The standard InChI is InChI=1S/C13H20N4S/c1-5-6-17-8-11(7-15-17)12(14-4)13-9(2)16-10(3)18-13/h7-8,12,14H,5-6H2,1-4H3. The van der Waals surface area contributed by atoms with Gasteiger partial charge in [0.1, 0.15) is 0 Å². The van der Waals surface area contributed by atoms with Crippen molar-refractivity contribution in [2.75, 3.05) is 7.05 Å². The van der Waals surface area contributed by atoms with E-state index in [4.69, 9.17) is 0 Å². The van der Waals surface area contributed by atoms with Gasteiger partial charge in [-0.15, -0.1) is 11.3 Å². The summed E-state index contributed by atoms with van der Waals surface area (Å²) in [7, 11) is 1.98. The van der Waals surface area contributed by atoms with Crippen LogP contribution in [0.1, 0.15) is 40.5 Å². The molecule has 0 fully saturated rings. The van der Waals surface area contributed by atoms with E-state index >= 15 is 0 Å². The van der Waals surface area contributed by atoms with Gasteiger partial charge in [-0.25, -0.2) is 4.98 Å². The Morgan fingerprint density at radius 3 is 2.78 bits per heavy atom. The van der Waals surface area contributed by atoms with E-state index in [0.717, 1.165) is 23.7 Å². The Bertz CT molecular complexity index is 515. The molecule has 0 saturated carbocycles. The molecular weight excluding hydrogens is 244 g/mol. The van der Waals surface area contributed by atoms with Crippen LogP contribution in [0, 0.1) is 13.8 Å². The first-order valence-corrected chi connectivity index (χ1v) is 7.11. The number of nitrogens with one attached hydrogen (secondary N) is 1. The molecule has 0 aromatic carbocycles. The van der Waals surface area contributed by atoms with Gasteiger partial charge in [0.25, 0.3) is 0 Å². The summed E-state index contributed by atoms with van der Waals surface area (Å²) in [6.45, 7) is 7.25. The van der Waals surface area contributed by atoms with E-state index in [1.807, 2.05) is 24.9 Å². The van der Waals surface area contributed by atoms with E-state index in [9.17, 15) is 0 Å². The number of aryl methyl sites for hydroxylation is 3. The molecule has 0 spiro atoms. The van der Waals surface area contributed by atoms with Gasteiger partial charge in [0.15, 0.2) is 0 Å². The lowest BCUT2D eigenvalue weighted by Gasteiger charge is -2.13. The summed E-state index contributed by atoms with van der Waals surface area (Å²) in [6.07, 6.45) is 5.18. The molecule has 2 rings (SSSR count). The molecule has 0 aliphatic heterocycles. The maximum absolute atomic E-state index is 4.50. The van der Waals surface area contributed by atoms with Gasteiger partial charge in [-0.2, -0.15) is 5.10 Å². The van der Waals surface area contributed by atoms with E-state index < -0.39 is 0 Å². The number of nitrogens with zero attached hydrogens (tertiary/aromatic N) is 3. The van der Waals surface area contributed by atoms with E-state index in [1.165, 1.54) is 10.4 Å². The van der Waals surface area contributed by atoms with E-state index in [2.05, 4.69) is 35.4 Å². The van der Waals surface area contributed by atoms with Crippen LogP contribution in [0.3, 0.4) is 0 Å². The molecule has 0 radical (unpaired) electrons. The summed E-state index contributed by atoms with van der Waals surface area (Å²) in [6, 6.07) is 0.196. The third kappa shape index (κ3) is 2.62. The normalized spacial score (nSPS) is 12.9. The Hall–Kier alpha value is -1.20. The van der Waals surface area contributed by atoms with Crippen molar-refractivity contribution in [2.24, 2.45) is 0 Å². The first-order valence-electron chi connectivity index (χ1n) is 6.29. The molecule has 1 atom stereocenters. The van der Waals surface area contributed by atoms with Gasteiger partial charge in [0, 0.05) is 23.2 Å².